The molecule has 5 nitrogen and oxygen atoms in total. The van der Waals surface area contributed by atoms with E-state index < -0.39 is 0 Å². The van der Waals surface area contributed by atoms with Gasteiger partial charge in [-0.3, -0.25) is 14.3 Å². The van der Waals surface area contributed by atoms with Gasteiger partial charge in [-0.2, -0.15) is 0 Å². The molecule has 0 aliphatic heterocycles. The first kappa shape index (κ1) is 17.1. The molecule has 0 fully saturated rings. The summed E-state index contributed by atoms with van der Waals surface area (Å²) in [5.74, 6) is 1.13. The highest BCUT2D eigenvalue weighted by atomic mass is 32.2. The molecule has 1 aromatic carbocycles. The highest BCUT2D eigenvalue weighted by Crippen LogP contribution is 2.25. The van der Waals surface area contributed by atoms with Gasteiger partial charge < -0.3 is 0 Å². The molecule has 0 spiro atoms. The molecule has 0 aliphatic rings. The zero-order chi connectivity index (χ0) is 17.6. The standard InChI is InChI=1S/C19H18N4OS/c1-14(2)12-23-18(16-8-10-20-11-9-16)21-22-19(23)25-13-17(24)15-6-4-3-5-7-15/h3-11H,1,12-13H2,2H3. The number of pyridine rings is 1. The van der Waals surface area contributed by atoms with E-state index in [1.54, 1.807) is 12.4 Å². The van der Waals surface area contributed by atoms with Crippen LogP contribution >= 0.6 is 11.8 Å². The molecule has 0 atom stereocenters. The van der Waals surface area contributed by atoms with E-state index in [-0.39, 0.29) is 5.78 Å². The van der Waals surface area contributed by atoms with Crippen molar-refractivity contribution in [1.82, 2.24) is 19.7 Å². The normalized spacial score (nSPS) is 10.6. The highest BCUT2D eigenvalue weighted by molar-refractivity contribution is 7.99. The monoisotopic (exact) mass is 350 g/mol. The van der Waals surface area contributed by atoms with Crippen molar-refractivity contribution in [1.29, 1.82) is 0 Å². The second kappa shape index (κ2) is 7.90. The Morgan fingerprint density at radius 2 is 1.84 bits per heavy atom. The lowest BCUT2D eigenvalue weighted by molar-refractivity contribution is 0.102. The van der Waals surface area contributed by atoms with Gasteiger partial charge in [0, 0.05) is 30.1 Å². The Balaban J connectivity index is 1.82. The van der Waals surface area contributed by atoms with Crippen LogP contribution < -0.4 is 0 Å². The third-order valence-electron chi connectivity index (χ3n) is 3.51. The first-order valence-corrected chi connectivity index (χ1v) is 8.82. The molecule has 0 unspecified atom stereocenters. The van der Waals surface area contributed by atoms with Crippen molar-refractivity contribution in [3.8, 4) is 11.4 Å². The minimum atomic E-state index is 0.0703. The summed E-state index contributed by atoms with van der Waals surface area (Å²) in [6.45, 7) is 6.55. The summed E-state index contributed by atoms with van der Waals surface area (Å²) in [6, 6.07) is 13.1. The fourth-order valence-electron chi connectivity index (χ4n) is 2.36. The van der Waals surface area contributed by atoms with E-state index in [0.29, 0.717) is 23.0 Å². The number of allylic oxidation sites excluding steroid dienone is 1. The number of hydrogen-bond donors (Lipinski definition) is 0. The number of rotatable bonds is 7. The first-order chi connectivity index (χ1) is 12.1. The number of thioether (sulfide) groups is 1. The van der Waals surface area contributed by atoms with Crippen LogP contribution in [0.25, 0.3) is 11.4 Å². The molecule has 0 N–H and O–H groups in total. The Bertz CT molecular complexity index is 875. The Hall–Kier alpha value is -2.73. The molecule has 6 heteroatoms. The van der Waals surface area contributed by atoms with Crippen molar-refractivity contribution in [3.05, 3.63) is 72.6 Å². The van der Waals surface area contributed by atoms with Gasteiger partial charge in [0.05, 0.1) is 5.75 Å². The largest absolute Gasteiger partial charge is 0.298 e. The van der Waals surface area contributed by atoms with Crippen molar-refractivity contribution < 1.29 is 4.79 Å². The highest BCUT2D eigenvalue weighted by Gasteiger charge is 2.16. The number of carbonyl (C=O) groups excluding carboxylic acids is 1. The Kier molecular flexibility index (Phi) is 5.40. The molecule has 2 aromatic heterocycles. The first-order valence-electron chi connectivity index (χ1n) is 7.84. The van der Waals surface area contributed by atoms with Crippen LogP contribution in [-0.4, -0.2) is 31.3 Å². The smallest absolute Gasteiger partial charge is 0.192 e. The summed E-state index contributed by atoms with van der Waals surface area (Å²) < 4.78 is 1.99. The van der Waals surface area contributed by atoms with Crippen molar-refractivity contribution >= 4 is 17.5 Å². The summed E-state index contributed by atoms with van der Waals surface area (Å²) in [5, 5.41) is 9.28. The van der Waals surface area contributed by atoms with Crippen LogP contribution in [0, 0.1) is 0 Å². The minimum Gasteiger partial charge on any atom is -0.298 e. The zero-order valence-corrected chi connectivity index (χ0v) is 14.7. The minimum absolute atomic E-state index is 0.0703. The molecule has 0 saturated carbocycles. The number of aromatic nitrogens is 4. The average molecular weight is 350 g/mol. The molecule has 2 heterocycles. The second-order valence-electron chi connectivity index (χ2n) is 5.66. The molecule has 0 amide bonds. The predicted octanol–water partition coefficient (Wildman–Crippen LogP) is 3.89. The third kappa shape index (κ3) is 4.22. The fourth-order valence-corrected chi connectivity index (χ4v) is 3.19. The molecular weight excluding hydrogens is 332 g/mol. The van der Waals surface area contributed by atoms with E-state index in [2.05, 4.69) is 21.8 Å². The average Bonchev–Trinajstić information content (AvgIpc) is 3.03. The van der Waals surface area contributed by atoms with Gasteiger partial charge in [-0.15, -0.1) is 10.2 Å². The Morgan fingerprint density at radius 3 is 2.52 bits per heavy atom. The molecule has 126 valence electrons. The molecule has 3 rings (SSSR count). The maximum atomic E-state index is 12.3. The van der Waals surface area contributed by atoms with Gasteiger partial charge in [0.25, 0.3) is 0 Å². The van der Waals surface area contributed by atoms with Crippen molar-refractivity contribution in [3.63, 3.8) is 0 Å². The molecule has 0 aliphatic carbocycles. The number of benzene rings is 1. The van der Waals surface area contributed by atoms with Gasteiger partial charge in [0.1, 0.15) is 0 Å². The van der Waals surface area contributed by atoms with Crippen LogP contribution in [0.15, 0.2) is 72.2 Å². The quantitative estimate of drug-likeness (QED) is 0.367. The van der Waals surface area contributed by atoms with E-state index in [0.717, 1.165) is 17.0 Å². The second-order valence-corrected chi connectivity index (χ2v) is 6.61. The molecular formula is C19H18N4OS. The lowest BCUT2D eigenvalue weighted by atomic mass is 10.2. The molecule has 0 radical (unpaired) electrons. The van der Waals surface area contributed by atoms with Crippen LogP contribution in [0.1, 0.15) is 17.3 Å². The lowest BCUT2D eigenvalue weighted by Gasteiger charge is -2.09. The van der Waals surface area contributed by atoms with E-state index in [9.17, 15) is 4.79 Å². The van der Waals surface area contributed by atoms with Crippen molar-refractivity contribution in [2.24, 2.45) is 0 Å². The lowest BCUT2D eigenvalue weighted by Crippen LogP contribution is -2.06. The summed E-state index contributed by atoms with van der Waals surface area (Å²) in [7, 11) is 0. The third-order valence-corrected chi connectivity index (χ3v) is 4.48. The van der Waals surface area contributed by atoms with Crippen LogP contribution in [0.2, 0.25) is 0 Å². The van der Waals surface area contributed by atoms with Gasteiger partial charge in [0.2, 0.25) is 0 Å². The summed E-state index contributed by atoms with van der Waals surface area (Å²) in [4.78, 5) is 16.4. The Labute approximate surface area is 150 Å². The summed E-state index contributed by atoms with van der Waals surface area (Å²) in [5.41, 5.74) is 2.63. The molecule has 0 bridgehead atoms. The summed E-state index contributed by atoms with van der Waals surface area (Å²) in [6.07, 6.45) is 3.45. The number of ketones is 1. The van der Waals surface area contributed by atoms with Gasteiger partial charge in [-0.25, -0.2) is 0 Å². The van der Waals surface area contributed by atoms with Crippen LogP contribution in [0.5, 0.6) is 0 Å². The van der Waals surface area contributed by atoms with E-state index in [4.69, 9.17) is 0 Å². The zero-order valence-electron chi connectivity index (χ0n) is 13.9. The predicted molar refractivity (Wildman–Crippen MR) is 99.6 cm³/mol. The van der Waals surface area contributed by atoms with E-state index >= 15 is 0 Å². The van der Waals surface area contributed by atoms with Gasteiger partial charge in [-0.05, 0) is 19.1 Å². The Morgan fingerprint density at radius 1 is 1.12 bits per heavy atom. The SMILES string of the molecule is C=C(C)Cn1c(SCC(=O)c2ccccc2)nnc1-c1ccncc1. The molecule has 0 saturated heterocycles. The van der Waals surface area contributed by atoms with Crippen LogP contribution in [0.3, 0.4) is 0 Å². The maximum absolute atomic E-state index is 12.3. The topological polar surface area (TPSA) is 60.7 Å². The fraction of sp³-hybridized carbons (Fsp3) is 0.158. The number of nitrogens with zero attached hydrogens (tertiary/aromatic N) is 4. The number of hydrogen-bond acceptors (Lipinski definition) is 5. The van der Waals surface area contributed by atoms with Crippen molar-refractivity contribution in [2.45, 2.75) is 18.6 Å². The summed E-state index contributed by atoms with van der Waals surface area (Å²) >= 11 is 1.39. The van der Waals surface area contributed by atoms with E-state index in [1.165, 1.54) is 11.8 Å². The van der Waals surface area contributed by atoms with Crippen molar-refractivity contribution in [2.75, 3.05) is 5.75 Å². The maximum Gasteiger partial charge on any atom is 0.192 e. The number of Topliss-reactive ketones (excluding diaryl/α,β-unsaturated/α-hetero) is 1. The number of carbonyl (C=O) groups is 1. The van der Waals surface area contributed by atoms with Crippen LogP contribution in [0.4, 0.5) is 0 Å². The van der Waals surface area contributed by atoms with Gasteiger partial charge >= 0.3 is 0 Å². The van der Waals surface area contributed by atoms with Crippen LogP contribution in [-0.2, 0) is 6.54 Å². The van der Waals surface area contributed by atoms with Gasteiger partial charge in [0.15, 0.2) is 16.8 Å². The van der Waals surface area contributed by atoms with Gasteiger partial charge in [-0.1, -0.05) is 54.2 Å². The molecule has 25 heavy (non-hydrogen) atoms. The molecule has 3 aromatic rings. The van der Waals surface area contributed by atoms with E-state index in [1.807, 2.05) is 54.0 Å².